The van der Waals surface area contributed by atoms with Crippen LogP contribution in [0, 0.1) is 11.8 Å². The zero-order valence-electron chi connectivity index (χ0n) is 7.15. The molecule has 4 atom stereocenters. The van der Waals surface area contributed by atoms with E-state index < -0.39 is 5.67 Å². The molecule has 2 unspecified atom stereocenters. The summed E-state index contributed by atoms with van der Waals surface area (Å²) < 4.78 is 14.5. The standard InChI is InChI=1S/C10H14FI/c11-9-2-7-1-8(3-9)5-10(12,4-7)6-9/h7-8H,1-6H2/t7-,8+,9?,10?. The molecule has 0 spiro atoms. The highest BCUT2D eigenvalue weighted by molar-refractivity contribution is 14.1. The quantitative estimate of drug-likeness (QED) is 0.470. The third-order valence-electron chi connectivity index (χ3n) is 3.92. The third-order valence-corrected chi connectivity index (χ3v) is 5.18. The molecule has 0 amide bonds. The van der Waals surface area contributed by atoms with E-state index in [0.717, 1.165) is 31.1 Å². The first-order valence-corrected chi connectivity index (χ1v) is 6.03. The van der Waals surface area contributed by atoms with Crippen LogP contribution in [0.25, 0.3) is 0 Å². The molecule has 0 saturated heterocycles. The van der Waals surface area contributed by atoms with Crippen LogP contribution in [0.5, 0.6) is 0 Å². The van der Waals surface area contributed by atoms with Crippen molar-refractivity contribution in [3.05, 3.63) is 0 Å². The maximum atomic E-state index is 14.1. The summed E-state index contributed by atoms with van der Waals surface area (Å²) in [5, 5.41) is 0. The molecule has 4 fully saturated rings. The fraction of sp³-hybridized carbons (Fsp3) is 1.00. The molecule has 4 bridgehead atoms. The Labute approximate surface area is 86.4 Å². The first-order chi connectivity index (χ1) is 5.57. The predicted molar refractivity (Wildman–Crippen MR) is 55.3 cm³/mol. The lowest BCUT2D eigenvalue weighted by molar-refractivity contribution is -0.0546. The third kappa shape index (κ3) is 1.06. The van der Waals surface area contributed by atoms with Gasteiger partial charge in [0.25, 0.3) is 0 Å². The van der Waals surface area contributed by atoms with Crippen molar-refractivity contribution in [1.82, 2.24) is 0 Å². The second-order valence-electron chi connectivity index (χ2n) is 5.26. The molecule has 4 saturated carbocycles. The summed E-state index contributed by atoms with van der Waals surface area (Å²) in [7, 11) is 0. The van der Waals surface area contributed by atoms with Crippen molar-refractivity contribution in [2.24, 2.45) is 11.8 Å². The Morgan fingerprint density at radius 2 is 1.67 bits per heavy atom. The van der Waals surface area contributed by atoms with Gasteiger partial charge >= 0.3 is 0 Å². The fourth-order valence-electron chi connectivity index (χ4n) is 4.04. The molecule has 0 nitrogen and oxygen atoms in total. The van der Waals surface area contributed by atoms with Crippen molar-refractivity contribution < 1.29 is 4.39 Å². The van der Waals surface area contributed by atoms with E-state index in [1.165, 1.54) is 19.3 Å². The van der Waals surface area contributed by atoms with Crippen molar-refractivity contribution in [1.29, 1.82) is 0 Å². The lowest BCUT2D eigenvalue weighted by Crippen LogP contribution is -2.54. The van der Waals surface area contributed by atoms with Gasteiger partial charge in [-0.15, -0.1) is 0 Å². The van der Waals surface area contributed by atoms with Gasteiger partial charge in [-0.2, -0.15) is 0 Å². The van der Waals surface area contributed by atoms with Crippen molar-refractivity contribution >= 4 is 22.6 Å². The minimum Gasteiger partial charge on any atom is -0.244 e. The van der Waals surface area contributed by atoms with E-state index in [0.29, 0.717) is 3.42 Å². The second-order valence-corrected chi connectivity index (χ2v) is 7.55. The first-order valence-electron chi connectivity index (χ1n) is 4.95. The van der Waals surface area contributed by atoms with Gasteiger partial charge in [0.15, 0.2) is 0 Å². The Balaban J connectivity index is 1.98. The van der Waals surface area contributed by atoms with Crippen LogP contribution in [0.3, 0.4) is 0 Å². The van der Waals surface area contributed by atoms with Crippen molar-refractivity contribution in [3.63, 3.8) is 0 Å². The molecule has 0 aromatic rings. The Morgan fingerprint density at radius 3 is 2.08 bits per heavy atom. The van der Waals surface area contributed by atoms with E-state index in [-0.39, 0.29) is 0 Å². The molecule has 0 aromatic heterocycles. The largest absolute Gasteiger partial charge is 0.244 e. The molecular weight excluding hydrogens is 266 g/mol. The highest BCUT2D eigenvalue weighted by atomic mass is 127. The predicted octanol–water partition coefficient (Wildman–Crippen LogP) is 3.48. The van der Waals surface area contributed by atoms with Gasteiger partial charge in [0.2, 0.25) is 0 Å². The Kier molecular flexibility index (Phi) is 1.45. The highest BCUT2D eigenvalue weighted by Crippen LogP contribution is 2.62. The number of rotatable bonds is 0. The molecule has 0 radical (unpaired) electrons. The number of halogens is 2. The Bertz CT molecular complexity index is 192. The van der Waals surface area contributed by atoms with E-state index in [2.05, 4.69) is 22.6 Å². The molecule has 12 heavy (non-hydrogen) atoms. The first kappa shape index (κ1) is 8.01. The summed E-state index contributed by atoms with van der Waals surface area (Å²) in [6.45, 7) is 0. The second kappa shape index (κ2) is 2.18. The van der Waals surface area contributed by atoms with Crippen LogP contribution in [0.4, 0.5) is 4.39 Å². The lowest BCUT2D eigenvalue weighted by atomic mass is 9.55. The number of hydrogen-bond donors (Lipinski definition) is 0. The average molecular weight is 280 g/mol. The van der Waals surface area contributed by atoms with Gasteiger partial charge in [-0.1, -0.05) is 22.6 Å². The van der Waals surface area contributed by atoms with Crippen LogP contribution in [0.2, 0.25) is 0 Å². The molecular formula is C10H14FI. The summed E-state index contributed by atoms with van der Waals surface area (Å²) in [5.74, 6) is 1.46. The van der Waals surface area contributed by atoms with Gasteiger partial charge in [-0.25, -0.2) is 4.39 Å². The van der Waals surface area contributed by atoms with Gasteiger partial charge in [0.1, 0.15) is 5.67 Å². The van der Waals surface area contributed by atoms with E-state index in [9.17, 15) is 4.39 Å². The summed E-state index contributed by atoms with van der Waals surface area (Å²) in [6, 6.07) is 0. The summed E-state index contributed by atoms with van der Waals surface area (Å²) in [4.78, 5) is 0. The van der Waals surface area contributed by atoms with E-state index in [1.807, 2.05) is 0 Å². The molecule has 4 aliphatic rings. The van der Waals surface area contributed by atoms with Crippen LogP contribution in [-0.2, 0) is 0 Å². The van der Waals surface area contributed by atoms with Crippen LogP contribution in [-0.4, -0.2) is 9.09 Å². The van der Waals surface area contributed by atoms with Crippen molar-refractivity contribution in [3.8, 4) is 0 Å². The lowest BCUT2D eigenvalue weighted by Gasteiger charge is -2.57. The minimum absolute atomic E-state index is 0.358. The zero-order valence-corrected chi connectivity index (χ0v) is 9.31. The monoisotopic (exact) mass is 280 g/mol. The molecule has 4 aliphatic carbocycles. The molecule has 2 heteroatoms. The zero-order chi connectivity index (χ0) is 8.40. The number of alkyl halides is 2. The molecule has 4 rings (SSSR count). The van der Waals surface area contributed by atoms with E-state index in [4.69, 9.17) is 0 Å². The van der Waals surface area contributed by atoms with Gasteiger partial charge in [-0.3, -0.25) is 0 Å². The Morgan fingerprint density at radius 1 is 1.08 bits per heavy atom. The molecule has 0 aliphatic heterocycles. The maximum Gasteiger partial charge on any atom is 0.112 e. The molecule has 0 heterocycles. The van der Waals surface area contributed by atoms with Gasteiger partial charge in [0.05, 0.1) is 0 Å². The molecule has 68 valence electrons. The van der Waals surface area contributed by atoms with Crippen LogP contribution < -0.4 is 0 Å². The van der Waals surface area contributed by atoms with Gasteiger partial charge in [0, 0.05) is 3.42 Å². The summed E-state index contributed by atoms with van der Waals surface area (Å²) in [6.07, 6.45) is 6.55. The van der Waals surface area contributed by atoms with Crippen molar-refractivity contribution in [2.45, 2.75) is 47.6 Å². The normalized spacial score (nSPS) is 62.5. The van der Waals surface area contributed by atoms with Crippen LogP contribution in [0.1, 0.15) is 38.5 Å². The van der Waals surface area contributed by atoms with E-state index in [1.54, 1.807) is 0 Å². The fourth-order valence-corrected chi connectivity index (χ4v) is 5.97. The SMILES string of the molecule is FC12C[C@H]3C[C@@H](C1)CC(I)(C3)C2. The maximum absolute atomic E-state index is 14.1. The smallest absolute Gasteiger partial charge is 0.112 e. The molecule has 0 N–H and O–H groups in total. The van der Waals surface area contributed by atoms with Gasteiger partial charge < -0.3 is 0 Å². The van der Waals surface area contributed by atoms with Gasteiger partial charge in [-0.05, 0) is 50.4 Å². The minimum atomic E-state index is -0.745. The summed E-state index contributed by atoms with van der Waals surface area (Å²) in [5.41, 5.74) is -0.745. The average Bonchev–Trinajstić information content (AvgIpc) is 1.75. The van der Waals surface area contributed by atoms with E-state index >= 15 is 0 Å². The highest BCUT2D eigenvalue weighted by Gasteiger charge is 2.57. The number of hydrogen-bond acceptors (Lipinski definition) is 0. The van der Waals surface area contributed by atoms with Crippen LogP contribution >= 0.6 is 22.6 Å². The molecule has 0 aromatic carbocycles. The van der Waals surface area contributed by atoms with Crippen LogP contribution in [0.15, 0.2) is 0 Å². The topological polar surface area (TPSA) is 0 Å². The summed E-state index contributed by atoms with van der Waals surface area (Å²) >= 11 is 2.54. The Hall–Kier alpha value is 0.660. The van der Waals surface area contributed by atoms with Crippen molar-refractivity contribution in [2.75, 3.05) is 0 Å².